The predicted molar refractivity (Wildman–Crippen MR) is 97.1 cm³/mol. The molecule has 2 rings (SSSR count). The normalized spacial score (nSPS) is 12.0. The smallest absolute Gasteiger partial charge is 0.251 e. The predicted octanol–water partition coefficient (Wildman–Crippen LogP) is 2.15. The Labute approximate surface area is 148 Å². The van der Waals surface area contributed by atoms with Gasteiger partial charge in [0.15, 0.2) is 0 Å². The third kappa shape index (κ3) is 5.74. The summed E-state index contributed by atoms with van der Waals surface area (Å²) in [6.45, 7) is 7.07. The molecule has 6 heteroatoms. The minimum atomic E-state index is -0.558. The summed E-state index contributed by atoms with van der Waals surface area (Å²) in [5, 5.41) is 9.87. The van der Waals surface area contributed by atoms with Crippen LogP contribution >= 0.6 is 0 Å². The molecule has 1 atom stereocenters. The van der Waals surface area contributed by atoms with Gasteiger partial charge >= 0.3 is 0 Å². The van der Waals surface area contributed by atoms with Gasteiger partial charge in [-0.25, -0.2) is 0 Å². The maximum absolute atomic E-state index is 12.4. The number of amides is 2. The lowest BCUT2D eigenvalue weighted by Crippen LogP contribution is -2.50. The van der Waals surface area contributed by atoms with Crippen molar-refractivity contribution in [3.8, 4) is 0 Å². The third-order valence-corrected chi connectivity index (χ3v) is 3.94. The summed E-state index contributed by atoms with van der Waals surface area (Å²) in [6, 6.07) is 8.65. The van der Waals surface area contributed by atoms with Crippen molar-refractivity contribution in [3.63, 3.8) is 0 Å². The van der Waals surface area contributed by atoms with E-state index in [1.54, 1.807) is 12.3 Å². The molecule has 0 fully saturated rings. The molecule has 25 heavy (non-hydrogen) atoms. The number of carbonyl (C=O) groups is 2. The number of rotatable bonds is 8. The van der Waals surface area contributed by atoms with E-state index in [2.05, 4.69) is 15.7 Å². The molecule has 0 radical (unpaired) electrons. The molecule has 0 spiro atoms. The number of hydrogen-bond donors (Lipinski definition) is 2. The van der Waals surface area contributed by atoms with Gasteiger partial charge in [-0.1, -0.05) is 31.5 Å². The van der Waals surface area contributed by atoms with E-state index in [0.29, 0.717) is 12.1 Å². The molecule has 2 amide bonds. The largest absolute Gasteiger partial charge is 0.354 e. The SMILES string of the molecule is Cc1cccc(C(=O)N[C@H](C(=O)NCCCn2cccn2)C(C)C)c1. The Kier molecular flexibility index (Phi) is 6.74. The van der Waals surface area contributed by atoms with Crippen LogP contribution in [0.2, 0.25) is 0 Å². The van der Waals surface area contributed by atoms with Crippen molar-refractivity contribution in [2.24, 2.45) is 5.92 Å². The molecule has 1 heterocycles. The third-order valence-electron chi connectivity index (χ3n) is 3.94. The van der Waals surface area contributed by atoms with Gasteiger partial charge in [-0.15, -0.1) is 0 Å². The van der Waals surface area contributed by atoms with Crippen LogP contribution in [0, 0.1) is 12.8 Å². The van der Waals surface area contributed by atoms with Crippen LogP contribution in [-0.2, 0) is 11.3 Å². The van der Waals surface area contributed by atoms with Crippen molar-refractivity contribution < 1.29 is 9.59 Å². The second-order valence-corrected chi connectivity index (χ2v) is 6.48. The van der Waals surface area contributed by atoms with Gasteiger partial charge in [-0.05, 0) is 37.5 Å². The van der Waals surface area contributed by atoms with Gasteiger partial charge in [-0.2, -0.15) is 5.10 Å². The topological polar surface area (TPSA) is 76.0 Å². The van der Waals surface area contributed by atoms with Gasteiger partial charge in [-0.3, -0.25) is 14.3 Å². The van der Waals surface area contributed by atoms with Gasteiger partial charge in [0.2, 0.25) is 5.91 Å². The molecule has 0 aliphatic heterocycles. The molecule has 0 aliphatic rings. The monoisotopic (exact) mass is 342 g/mol. The summed E-state index contributed by atoms with van der Waals surface area (Å²) < 4.78 is 1.82. The van der Waals surface area contributed by atoms with E-state index in [9.17, 15) is 9.59 Å². The number of carbonyl (C=O) groups excluding carboxylic acids is 2. The second-order valence-electron chi connectivity index (χ2n) is 6.48. The van der Waals surface area contributed by atoms with Crippen LogP contribution in [0.3, 0.4) is 0 Å². The van der Waals surface area contributed by atoms with Crippen LogP contribution < -0.4 is 10.6 Å². The van der Waals surface area contributed by atoms with E-state index in [0.717, 1.165) is 18.5 Å². The number of benzene rings is 1. The Morgan fingerprint density at radius 2 is 2.04 bits per heavy atom. The van der Waals surface area contributed by atoms with Crippen molar-refractivity contribution in [1.82, 2.24) is 20.4 Å². The number of aromatic nitrogens is 2. The molecule has 0 bridgehead atoms. The Morgan fingerprint density at radius 3 is 2.68 bits per heavy atom. The highest BCUT2D eigenvalue weighted by Gasteiger charge is 2.24. The van der Waals surface area contributed by atoms with Crippen molar-refractivity contribution in [3.05, 3.63) is 53.9 Å². The van der Waals surface area contributed by atoms with Crippen LogP contribution in [0.5, 0.6) is 0 Å². The highest BCUT2D eigenvalue weighted by Crippen LogP contribution is 2.07. The molecular formula is C19H26N4O2. The average molecular weight is 342 g/mol. The maximum Gasteiger partial charge on any atom is 0.251 e. The quantitative estimate of drug-likeness (QED) is 0.722. The summed E-state index contributed by atoms with van der Waals surface area (Å²) in [4.78, 5) is 24.8. The first-order valence-electron chi connectivity index (χ1n) is 8.60. The molecule has 1 aromatic carbocycles. The summed E-state index contributed by atoms with van der Waals surface area (Å²) in [5.41, 5.74) is 1.58. The lowest BCUT2D eigenvalue weighted by Gasteiger charge is -2.22. The second kappa shape index (κ2) is 9.01. The lowest BCUT2D eigenvalue weighted by molar-refractivity contribution is -0.123. The van der Waals surface area contributed by atoms with E-state index in [4.69, 9.17) is 0 Å². The molecule has 0 unspecified atom stereocenters. The lowest BCUT2D eigenvalue weighted by atomic mass is 10.0. The zero-order valence-corrected chi connectivity index (χ0v) is 15.0. The fourth-order valence-electron chi connectivity index (χ4n) is 2.54. The van der Waals surface area contributed by atoms with Crippen molar-refractivity contribution in [1.29, 1.82) is 0 Å². The molecule has 6 nitrogen and oxygen atoms in total. The van der Waals surface area contributed by atoms with Crippen LogP contribution in [0.4, 0.5) is 0 Å². The Balaban J connectivity index is 1.86. The molecule has 0 saturated carbocycles. The molecule has 2 N–H and O–H groups in total. The van der Waals surface area contributed by atoms with E-state index >= 15 is 0 Å². The summed E-state index contributed by atoms with van der Waals surface area (Å²) >= 11 is 0. The Bertz CT molecular complexity index is 695. The minimum Gasteiger partial charge on any atom is -0.354 e. The van der Waals surface area contributed by atoms with Crippen molar-refractivity contribution in [2.75, 3.05) is 6.54 Å². The number of nitrogens with one attached hydrogen (secondary N) is 2. The highest BCUT2D eigenvalue weighted by atomic mass is 16.2. The maximum atomic E-state index is 12.4. The van der Waals surface area contributed by atoms with E-state index in [1.165, 1.54) is 0 Å². The summed E-state index contributed by atoms with van der Waals surface area (Å²) in [5.74, 6) is -0.384. The Morgan fingerprint density at radius 1 is 1.24 bits per heavy atom. The molecule has 1 aromatic heterocycles. The first-order valence-corrected chi connectivity index (χ1v) is 8.60. The molecule has 134 valence electrons. The summed E-state index contributed by atoms with van der Waals surface area (Å²) in [6.07, 6.45) is 4.40. The number of nitrogens with zero attached hydrogens (tertiary/aromatic N) is 2. The number of hydrogen-bond acceptors (Lipinski definition) is 3. The van der Waals surface area contributed by atoms with Crippen LogP contribution in [-0.4, -0.2) is 34.2 Å². The minimum absolute atomic E-state index is 0.000116. The van der Waals surface area contributed by atoms with Gasteiger partial charge in [0, 0.05) is 31.0 Å². The fraction of sp³-hybridized carbons (Fsp3) is 0.421. The Hall–Kier alpha value is -2.63. The van der Waals surface area contributed by atoms with Gasteiger partial charge < -0.3 is 10.6 Å². The van der Waals surface area contributed by atoms with Gasteiger partial charge in [0.05, 0.1) is 0 Å². The van der Waals surface area contributed by atoms with Crippen LogP contribution in [0.1, 0.15) is 36.2 Å². The molecule has 0 aliphatic carbocycles. The fourth-order valence-corrected chi connectivity index (χ4v) is 2.54. The highest BCUT2D eigenvalue weighted by molar-refractivity contribution is 5.97. The molecule has 0 saturated heterocycles. The standard InChI is InChI=1S/C19H26N4O2/c1-14(2)17(22-18(24)16-8-4-7-15(3)13-16)19(25)20-9-5-11-23-12-6-10-21-23/h4,6-8,10,12-14,17H,5,9,11H2,1-3H3,(H,20,25)(H,22,24)/t17-/m0/s1. The first kappa shape index (κ1) is 18.7. The van der Waals surface area contributed by atoms with Gasteiger partial charge in [0.1, 0.15) is 6.04 Å². The van der Waals surface area contributed by atoms with Crippen LogP contribution in [0.25, 0.3) is 0 Å². The molecular weight excluding hydrogens is 316 g/mol. The van der Waals surface area contributed by atoms with Gasteiger partial charge in [0.25, 0.3) is 5.91 Å². The zero-order valence-electron chi connectivity index (χ0n) is 15.0. The number of aryl methyl sites for hydroxylation is 2. The zero-order chi connectivity index (χ0) is 18.2. The van der Waals surface area contributed by atoms with E-state index in [1.807, 2.05) is 55.9 Å². The molecule has 2 aromatic rings. The average Bonchev–Trinajstić information content (AvgIpc) is 3.09. The summed E-state index contributed by atoms with van der Waals surface area (Å²) in [7, 11) is 0. The van der Waals surface area contributed by atoms with E-state index in [-0.39, 0.29) is 17.7 Å². The van der Waals surface area contributed by atoms with E-state index < -0.39 is 6.04 Å². The van der Waals surface area contributed by atoms with Crippen molar-refractivity contribution >= 4 is 11.8 Å². The van der Waals surface area contributed by atoms with Crippen LogP contribution in [0.15, 0.2) is 42.7 Å². The van der Waals surface area contributed by atoms with Crippen molar-refractivity contribution in [2.45, 2.75) is 39.8 Å². The first-order chi connectivity index (χ1) is 12.0.